The van der Waals surface area contributed by atoms with Gasteiger partial charge in [0.15, 0.2) is 0 Å². The minimum absolute atomic E-state index is 0.278. The summed E-state index contributed by atoms with van der Waals surface area (Å²) in [6, 6.07) is 16.9. The fraction of sp³-hybridized carbons (Fsp3) is 0.0588. The fourth-order valence-corrected chi connectivity index (χ4v) is 2.47. The third kappa shape index (κ3) is 3.09. The molecule has 1 N–H and O–H groups in total. The van der Waals surface area contributed by atoms with Crippen molar-refractivity contribution < 1.29 is 9.59 Å². The summed E-state index contributed by atoms with van der Waals surface area (Å²) in [5.41, 5.74) is 1.97. The van der Waals surface area contributed by atoms with Gasteiger partial charge in [0, 0.05) is 16.2 Å². The summed E-state index contributed by atoms with van der Waals surface area (Å²) in [4.78, 5) is 25.6. The van der Waals surface area contributed by atoms with Crippen molar-refractivity contribution in [2.45, 2.75) is 6.54 Å². The molecule has 0 atom stereocenters. The number of anilines is 1. The van der Waals surface area contributed by atoms with Crippen LogP contribution >= 0.6 is 15.9 Å². The van der Waals surface area contributed by atoms with Crippen LogP contribution in [0.15, 0.2) is 70.8 Å². The van der Waals surface area contributed by atoms with Crippen molar-refractivity contribution in [1.29, 1.82) is 0 Å². The Labute approximate surface area is 136 Å². The van der Waals surface area contributed by atoms with Crippen LogP contribution in [0.1, 0.15) is 5.56 Å². The first-order valence-corrected chi connectivity index (χ1v) is 7.57. The maximum Gasteiger partial charge on any atom is 0.277 e. The Balaban J connectivity index is 1.73. The number of rotatable bonds is 4. The first-order valence-electron chi connectivity index (χ1n) is 6.77. The van der Waals surface area contributed by atoms with Crippen LogP contribution in [0.5, 0.6) is 0 Å². The zero-order valence-electron chi connectivity index (χ0n) is 11.6. The second-order valence-electron chi connectivity index (χ2n) is 4.91. The molecule has 1 aliphatic heterocycles. The molecule has 0 saturated carbocycles. The Bertz CT molecular complexity index is 739. The van der Waals surface area contributed by atoms with Crippen molar-refractivity contribution in [2.75, 3.05) is 5.32 Å². The van der Waals surface area contributed by atoms with Gasteiger partial charge in [-0.25, -0.2) is 0 Å². The number of carbonyl (C=O) groups excluding carboxylic acids is 2. The first-order chi connectivity index (χ1) is 10.6. The summed E-state index contributed by atoms with van der Waals surface area (Å²) in [7, 11) is 0. The smallest absolute Gasteiger partial charge is 0.277 e. The van der Waals surface area contributed by atoms with Crippen molar-refractivity contribution in [3.63, 3.8) is 0 Å². The summed E-state index contributed by atoms with van der Waals surface area (Å²) in [5.74, 6) is -0.606. The molecule has 2 aromatic carbocycles. The molecule has 2 aromatic rings. The number of hydrogen-bond donors (Lipinski definition) is 1. The van der Waals surface area contributed by atoms with Gasteiger partial charge in [0.05, 0.1) is 6.54 Å². The Morgan fingerprint density at radius 3 is 2.32 bits per heavy atom. The molecular formula is C17H13BrN2O2. The van der Waals surface area contributed by atoms with Crippen LogP contribution in [-0.4, -0.2) is 16.7 Å². The molecule has 0 fully saturated rings. The van der Waals surface area contributed by atoms with E-state index >= 15 is 0 Å². The molecule has 0 aromatic heterocycles. The summed E-state index contributed by atoms with van der Waals surface area (Å²) in [6.45, 7) is 0.278. The van der Waals surface area contributed by atoms with E-state index in [0.717, 1.165) is 15.7 Å². The summed E-state index contributed by atoms with van der Waals surface area (Å²) in [5, 5.41) is 2.99. The topological polar surface area (TPSA) is 49.4 Å². The van der Waals surface area contributed by atoms with E-state index < -0.39 is 0 Å². The second kappa shape index (κ2) is 6.15. The van der Waals surface area contributed by atoms with E-state index in [0.29, 0.717) is 5.70 Å². The maximum atomic E-state index is 12.4. The van der Waals surface area contributed by atoms with E-state index in [1.165, 1.54) is 11.0 Å². The number of hydrogen-bond acceptors (Lipinski definition) is 3. The largest absolute Gasteiger partial charge is 0.351 e. The molecule has 0 unspecified atom stereocenters. The summed E-state index contributed by atoms with van der Waals surface area (Å²) >= 11 is 3.35. The van der Waals surface area contributed by atoms with E-state index in [1.807, 2.05) is 54.6 Å². The Kier molecular flexibility index (Phi) is 4.06. The normalized spacial score (nSPS) is 14.2. The third-order valence-electron chi connectivity index (χ3n) is 3.32. The van der Waals surface area contributed by atoms with Crippen molar-refractivity contribution >= 4 is 33.4 Å². The lowest BCUT2D eigenvalue weighted by Gasteiger charge is -2.15. The fourth-order valence-electron chi connectivity index (χ4n) is 2.20. The van der Waals surface area contributed by atoms with Gasteiger partial charge in [-0.05, 0) is 29.8 Å². The van der Waals surface area contributed by atoms with Crippen molar-refractivity contribution in [3.05, 3.63) is 76.4 Å². The van der Waals surface area contributed by atoms with Crippen molar-refractivity contribution in [2.24, 2.45) is 0 Å². The molecule has 0 aliphatic carbocycles. The highest BCUT2D eigenvalue weighted by atomic mass is 79.9. The van der Waals surface area contributed by atoms with Gasteiger partial charge in [0.25, 0.3) is 11.8 Å². The lowest BCUT2D eigenvalue weighted by Crippen LogP contribution is -2.31. The maximum absolute atomic E-state index is 12.4. The number of imide groups is 1. The molecule has 5 heteroatoms. The molecule has 110 valence electrons. The lowest BCUT2D eigenvalue weighted by molar-refractivity contribution is -0.137. The van der Waals surface area contributed by atoms with Gasteiger partial charge < -0.3 is 5.32 Å². The van der Waals surface area contributed by atoms with Gasteiger partial charge in [0.2, 0.25) is 0 Å². The molecule has 22 heavy (non-hydrogen) atoms. The number of amides is 2. The van der Waals surface area contributed by atoms with E-state index in [-0.39, 0.29) is 18.4 Å². The predicted molar refractivity (Wildman–Crippen MR) is 87.8 cm³/mol. The standard InChI is InChI=1S/C17H13BrN2O2/c18-13-6-8-14(9-7-13)19-15-10-16(21)20(17(15)22)11-12-4-2-1-3-5-12/h1-10,19H,11H2. The zero-order valence-corrected chi connectivity index (χ0v) is 13.2. The van der Waals surface area contributed by atoms with Crippen LogP contribution in [0.3, 0.4) is 0 Å². The van der Waals surface area contributed by atoms with Gasteiger partial charge in [-0.3, -0.25) is 14.5 Å². The quantitative estimate of drug-likeness (QED) is 0.855. The first kappa shape index (κ1) is 14.5. The second-order valence-corrected chi connectivity index (χ2v) is 5.82. The van der Waals surface area contributed by atoms with E-state index in [9.17, 15) is 9.59 Å². The van der Waals surface area contributed by atoms with Crippen LogP contribution < -0.4 is 5.32 Å². The molecule has 2 amide bonds. The van der Waals surface area contributed by atoms with Gasteiger partial charge in [-0.1, -0.05) is 46.3 Å². The molecule has 0 spiro atoms. The number of halogens is 1. The highest BCUT2D eigenvalue weighted by molar-refractivity contribution is 9.10. The van der Waals surface area contributed by atoms with Crippen molar-refractivity contribution in [3.8, 4) is 0 Å². The van der Waals surface area contributed by atoms with E-state index in [4.69, 9.17) is 0 Å². The number of nitrogens with zero attached hydrogens (tertiary/aromatic N) is 1. The highest BCUT2D eigenvalue weighted by Crippen LogP contribution is 2.20. The Morgan fingerprint density at radius 1 is 0.955 bits per heavy atom. The third-order valence-corrected chi connectivity index (χ3v) is 3.84. The molecule has 1 heterocycles. The van der Waals surface area contributed by atoms with Crippen LogP contribution in [0.2, 0.25) is 0 Å². The predicted octanol–water partition coefficient (Wildman–Crippen LogP) is 3.31. The highest BCUT2D eigenvalue weighted by Gasteiger charge is 2.31. The lowest BCUT2D eigenvalue weighted by atomic mass is 10.2. The monoisotopic (exact) mass is 356 g/mol. The van der Waals surface area contributed by atoms with Crippen LogP contribution in [0, 0.1) is 0 Å². The van der Waals surface area contributed by atoms with Crippen LogP contribution in [0.4, 0.5) is 5.69 Å². The minimum Gasteiger partial charge on any atom is -0.351 e. The molecular weight excluding hydrogens is 344 g/mol. The molecule has 0 saturated heterocycles. The number of carbonyl (C=O) groups is 2. The molecule has 4 nitrogen and oxygen atoms in total. The number of benzene rings is 2. The minimum atomic E-state index is -0.309. The van der Waals surface area contributed by atoms with Gasteiger partial charge in [0.1, 0.15) is 5.70 Å². The van der Waals surface area contributed by atoms with Gasteiger partial charge >= 0.3 is 0 Å². The van der Waals surface area contributed by atoms with Gasteiger partial charge in [-0.2, -0.15) is 0 Å². The SMILES string of the molecule is O=C1C=C(Nc2ccc(Br)cc2)C(=O)N1Cc1ccccc1. The van der Waals surface area contributed by atoms with Crippen LogP contribution in [-0.2, 0) is 16.1 Å². The molecule has 0 radical (unpaired) electrons. The number of nitrogens with one attached hydrogen (secondary N) is 1. The molecule has 3 rings (SSSR count). The Hall–Kier alpha value is -2.40. The zero-order chi connectivity index (χ0) is 15.5. The van der Waals surface area contributed by atoms with E-state index in [1.54, 1.807) is 0 Å². The van der Waals surface area contributed by atoms with Gasteiger partial charge in [-0.15, -0.1) is 0 Å². The van der Waals surface area contributed by atoms with E-state index in [2.05, 4.69) is 21.2 Å². The molecule has 1 aliphatic rings. The average Bonchev–Trinajstić information content (AvgIpc) is 2.78. The Morgan fingerprint density at radius 2 is 1.64 bits per heavy atom. The summed E-state index contributed by atoms with van der Waals surface area (Å²) < 4.78 is 0.951. The van der Waals surface area contributed by atoms with Crippen molar-refractivity contribution in [1.82, 2.24) is 4.90 Å². The molecule has 0 bridgehead atoms. The average molecular weight is 357 g/mol. The van der Waals surface area contributed by atoms with Crippen LogP contribution in [0.25, 0.3) is 0 Å². The summed E-state index contributed by atoms with van der Waals surface area (Å²) in [6.07, 6.45) is 1.34.